The number of sulfonamides is 1. The number of methoxy groups -OCH3 is 1. The minimum absolute atomic E-state index is 0.0272. The number of nitrogens with zero attached hydrogens (tertiary/aromatic N) is 3. The summed E-state index contributed by atoms with van der Waals surface area (Å²) in [7, 11) is -0.850. The minimum atomic E-state index is -3.81. The molecular formula is C21H28N4O5S. The number of ether oxygens (including phenoxy) is 1. The molecule has 2 aromatic rings. The molecule has 0 aliphatic carbocycles. The highest BCUT2D eigenvalue weighted by Gasteiger charge is 2.30. The Bertz CT molecular complexity index is 1110. The van der Waals surface area contributed by atoms with Gasteiger partial charge in [0.1, 0.15) is 16.5 Å². The van der Waals surface area contributed by atoms with Crippen LogP contribution in [-0.2, 0) is 21.2 Å². The van der Waals surface area contributed by atoms with E-state index in [0.29, 0.717) is 29.8 Å². The van der Waals surface area contributed by atoms with E-state index in [4.69, 9.17) is 4.74 Å². The predicted molar refractivity (Wildman–Crippen MR) is 117 cm³/mol. The van der Waals surface area contributed by atoms with Gasteiger partial charge < -0.3 is 10.1 Å². The maximum Gasteiger partial charge on any atom is 0.249 e. The standard InChI is InChI=1S/C21H28N4O5S/c1-5-7-12-24(3)31(28,29)17-13-14(8-9-16(17)30-4)20-15(6-2)23-25-19(27)11-10-18(26)22-21(20)25/h8-9,13H,5-7,10-12H2,1-4H3,(H,22,26). The monoisotopic (exact) mass is 448 g/mol. The van der Waals surface area contributed by atoms with Gasteiger partial charge in [-0.3, -0.25) is 9.59 Å². The zero-order chi connectivity index (χ0) is 22.8. The molecule has 0 atom stereocenters. The Labute approximate surface area is 182 Å². The van der Waals surface area contributed by atoms with E-state index >= 15 is 0 Å². The van der Waals surface area contributed by atoms with Crippen molar-refractivity contribution in [1.29, 1.82) is 0 Å². The number of amides is 1. The summed E-state index contributed by atoms with van der Waals surface area (Å²) in [6, 6.07) is 4.82. The quantitative estimate of drug-likeness (QED) is 0.665. The number of hydrogen-bond acceptors (Lipinski definition) is 6. The molecule has 168 valence electrons. The van der Waals surface area contributed by atoms with Gasteiger partial charge in [0, 0.05) is 32.0 Å². The molecule has 3 rings (SSSR count). The van der Waals surface area contributed by atoms with Crippen LogP contribution >= 0.6 is 0 Å². The molecule has 2 heterocycles. The van der Waals surface area contributed by atoms with Crippen molar-refractivity contribution in [2.24, 2.45) is 0 Å². The van der Waals surface area contributed by atoms with Gasteiger partial charge in [-0.05, 0) is 30.5 Å². The molecule has 0 saturated carbocycles. The average molecular weight is 449 g/mol. The molecule has 0 radical (unpaired) electrons. The Morgan fingerprint density at radius 3 is 2.61 bits per heavy atom. The Kier molecular flexibility index (Phi) is 6.80. The highest BCUT2D eigenvalue weighted by atomic mass is 32.2. The van der Waals surface area contributed by atoms with Gasteiger partial charge in [-0.1, -0.05) is 26.3 Å². The zero-order valence-electron chi connectivity index (χ0n) is 18.3. The first-order valence-corrected chi connectivity index (χ1v) is 11.8. The second-order valence-corrected chi connectivity index (χ2v) is 9.44. The third-order valence-electron chi connectivity index (χ3n) is 5.32. The summed E-state index contributed by atoms with van der Waals surface area (Å²) in [6.45, 7) is 4.27. The van der Waals surface area contributed by atoms with Crippen molar-refractivity contribution in [3.63, 3.8) is 0 Å². The average Bonchev–Trinajstić information content (AvgIpc) is 3.06. The Morgan fingerprint density at radius 2 is 1.97 bits per heavy atom. The molecule has 0 unspecified atom stereocenters. The Morgan fingerprint density at radius 1 is 1.23 bits per heavy atom. The van der Waals surface area contributed by atoms with Crippen LogP contribution < -0.4 is 10.1 Å². The fourth-order valence-electron chi connectivity index (χ4n) is 3.53. The molecule has 0 spiro atoms. The molecule has 1 amide bonds. The van der Waals surface area contributed by atoms with Crippen LogP contribution in [0, 0.1) is 0 Å². The predicted octanol–water partition coefficient (Wildman–Crippen LogP) is 2.91. The topological polar surface area (TPSA) is 111 Å². The maximum atomic E-state index is 13.2. The third-order valence-corrected chi connectivity index (χ3v) is 7.20. The van der Waals surface area contributed by atoms with Crippen LogP contribution in [0.4, 0.5) is 5.82 Å². The van der Waals surface area contributed by atoms with Gasteiger partial charge in [-0.15, -0.1) is 0 Å². The van der Waals surface area contributed by atoms with Crippen molar-refractivity contribution >= 4 is 27.7 Å². The second kappa shape index (κ2) is 9.19. The fraction of sp³-hybridized carbons (Fsp3) is 0.476. The first-order chi connectivity index (χ1) is 14.7. The molecule has 1 aromatic carbocycles. The van der Waals surface area contributed by atoms with Gasteiger partial charge in [-0.25, -0.2) is 12.7 Å². The zero-order valence-corrected chi connectivity index (χ0v) is 19.1. The van der Waals surface area contributed by atoms with Crippen LogP contribution in [0.1, 0.15) is 50.0 Å². The van der Waals surface area contributed by atoms with Crippen molar-refractivity contribution in [2.45, 2.75) is 50.8 Å². The van der Waals surface area contributed by atoms with E-state index in [2.05, 4.69) is 10.4 Å². The van der Waals surface area contributed by atoms with Gasteiger partial charge in [0.05, 0.1) is 12.8 Å². The first-order valence-electron chi connectivity index (χ1n) is 10.3. The van der Waals surface area contributed by atoms with Crippen LogP contribution in [-0.4, -0.2) is 55.0 Å². The normalized spacial score (nSPS) is 14.4. The van der Waals surface area contributed by atoms with Crippen LogP contribution in [0.25, 0.3) is 11.1 Å². The Hall–Kier alpha value is -2.72. The molecule has 0 fully saturated rings. The van der Waals surface area contributed by atoms with Crippen LogP contribution in [0.3, 0.4) is 0 Å². The lowest BCUT2D eigenvalue weighted by Crippen LogP contribution is -2.28. The summed E-state index contributed by atoms with van der Waals surface area (Å²) in [4.78, 5) is 24.7. The lowest BCUT2D eigenvalue weighted by atomic mass is 10.0. The van der Waals surface area contributed by atoms with Gasteiger partial charge in [-0.2, -0.15) is 9.78 Å². The summed E-state index contributed by atoms with van der Waals surface area (Å²) >= 11 is 0. The summed E-state index contributed by atoms with van der Waals surface area (Å²) < 4.78 is 34.3. The van der Waals surface area contributed by atoms with E-state index in [1.807, 2.05) is 13.8 Å². The molecule has 1 aliphatic rings. The van der Waals surface area contributed by atoms with Crippen molar-refractivity contribution in [2.75, 3.05) is 26.0 Å². The molecule has 1 aliphatic heterocycles. The Balaban J connectivity index is 2.19. The van der Waals surface area contributed by atoms with Crippen LogP contribution in [0.15, 0.2) is 23.1 Å². The van der Waals surface area contributed by atoms with Gasteiger partial charge in [0.15, 0.2) is 0 Å². The number of fused-ring (bicyclic) bond motifs is 1. The molecule has 0 bridgehead atoms. The van der Waals surface area contributed by atoms with E-state index in [-0.39, 0.29) is 41.1 Å². The number of rotatable bonds is 8. The minimum Gasteiger partial charge on any atom is -0.495 e. The third kappa shape index (κ3) is 4.35. The van der Waals surface area contributed by atoms with Crippen molar-refractivity contribution in [3.8, 4) is 16.9 Å². The number of anilines is 1. The largest absolute Gasteiger partial charge is 0.495 e. The second-order valence-electron chi connectivity index (χ2n) is 7.42. The number of carbonyl (C=O) groups excluding carboxylic acids is 2. The number of aromatic nitrogens is 2. The van der Waals surface area contributed by atoms with Crippen LogP contribution in [0.5, 0.6) is 5.75 Å². The highest BCUT2D eigenvalue weighted by Crippen LogP contribution is 2.38. The van der Waals surface area contributed by atoms with Crippen molar-refractivity contribution in [3.05, 3.63) is 23.9 Å². The summed E-state index contributed by atoms with van der Waals surface area (Å²) in [5.41, 5.74) is 1.68. The van der Waals surface area contributed by atoms with Crippen molar-refractivity contribution < 1.29 is 22.7 Å². The number of benzene rings is 1. The number of hydrogen-bond donors (Lipinski definition) is 1. The molecule has 0 saturated heterocycles. The molecule has 1 N–H and O–H groups in total. The molecular weight excluding hydrogens is 420 g/mol. The molecule has 10 heteroatoms. The maximum absolute atomic E-state index is 13.2. The SMILES string of the molecule is CCCCN(C)S(=O)(=O)c1cc(-c2c(CC)nn3c2NC(=O)CCC3=O)ccc1OC. The number of carbonyl (C=O) groups is 2. The van der Waals surface area contributed by atoms with E-state index in [1.54, 1.807) is 19.2 Å². The fourth-order valence-corrected chi connectivity index (χ4v) is 4.92. The summed E-state index contributed by atoms with van der Waals surface area (Å²) in [6.07, 6.45) is 2.25. The number of aryl methyl sites for hydroxylation is 1. The lowest BCUT2D eigenvalue weighted by Gasteiger charge is -2.19. The first kappa shape index (κ1) is 23.0. The highest BCUT2D eigenvalue weighted by molar-refractivity contribution is 7.89. The van der Waals surface area contributed by atoms with E-state index in [9.17, 15) is 18.0 Å². The smallest absolute Gasteiger partial charge is 0.249 e. The van der Waals surface area contributed by atoms with E-state index < -0.39 is 10.0 Å². The molecule has 1 aromatic heterocycles. The van der Waals surface area contributed by atoms with Gasteiger partial charge in [0.2, 0.25) is 21.8 Å². The summed E-state index contributed by atoms with van der Waals surface area (Å²) in [5.74, 6) is -0.0627. The van der Waals surface area contributed by atoms with Crippen molar-refractivity contribution in [1.82, 2.24) is 14.1 Å². The molecule has 31 heavy (non-hydrogen) atoms. The summed E-state index contributed by atoms with van der Waals surface area (Å²) in [5, 5.41) is 7.15. The lowest BCUT2D eigenvalue weighted by molar-refractivity contribution is -0.116. The van der Waals surface area contributed by atoms with E-state index in [1.165, 1.54) is 22.2 Å². The van der Waals surface area contributed by atoms with E-state index in [0.717, 1.165) is 12.8 Å². The number of unbranched alkanes of at least 4 members (excludes halogenated alkanes) is 1. The van der Waals surface area contributed by atoms with Gasteiger partial charge >= 0.3 is 0 Å². The molecule has 9 nitrogen and oxygen atoms in total. The number of nitrogens with one attached hydrogen (secondary N) is 1. The van der Waals surface area contributed by atoms with Crippen LogP contribution in [0.2, 0.25) is 0 Å². The van der Waals surface area contributed by atoms with Gasteiger partial charge in [0.25, 0.3) is 0 Å².